The van der Waals surface area contributed by atoms with Crippen LogP contribution in [0, 0.1) is 0 Å². The van der Waals surface area contributed by atoms with E-state index in [-0.39, 0.29) is 17.9 Å². The van der Waals surface area contributed by atoms with Crippen molar-refractivity contribution >= 4 is 22.8 Å². The number of hydrogen-bond acceptors (Lipinski definition) is 4. The number of morpholine rings is 1. The molecule has 2 aliphatic rings. The quantitative estimate of drug-likeness (QED) is 0.818. The van der Waals surface area contributed by atoms with Gasteiger partial charge in [-0.1, -0.05) is 0 Å². The van der Waals surface area contributed by atoms with Gasteiger partial charge in [0.2, 0.25) is 5.91 Å². The van der Waals surface area contributed by atoms with Gasteiger partial charge >= 0.3 is 0 Å². The van der Waals surface area contributed by atoms with Crippen LogP contribution in [-0.2, 0) is 16.6 Å². The molecular weight excluding hydrogens is 320 g/mol. The second kappa shape index (κ2) is 6.48. The molecule has 0 aliphatic carbocycles. The van der Waals surface area contributed by atoms with E-state index < -0.39 is 0 Å². The van der Waals surface area contributed by atoms with Crippen molar-refractivity contribution in [3.63, 3.8) is 0 Å². The first-order chi connectivity index (χ1) is 12.1. The predicted molar refractivity (Wildman–Crippen MR) is 92.2 cm³/mol. The molecule has 1 atom stereocenters. The van der Waals surface area contributed by atoms with Crippen molar-refractivity contribution in [1.82, 2.24) is 19.4 Å². The first-order valence-electron chi connectivity index (χ1n) is 8.74. The third-order valence-corrected chi connectivity index (χ3v) is 5.09. The van der Waals surface area contributed by atoms with Crippen molar-refractivity contribution in [3.8, 4) is 0 Å². The Hall–Kier alpha value is -2.41. The van der Waals surface area contributed by atoms with E-state index in [0.29, 0.717) is 38.4 Å². The zero-order chi connectivity index (χ0) is 17.4. The molecule has 4 rings (SSSR count). The van der Waals surface area contributed by atoms with Gasteiger partial charge in [0.25, 0.3) is 5.91 Å². The number of rotatable bonds is 2. The lowest BCUT2D eigenvalue weighted by Gasteiger charge is -2.32. The first kappa shape index (κ1) is 16.1. The molecule has 2 saturated heterocycles. The van der Waals surface area contributed by atoms with Crippen LogP contribution in [0.1, 0.15) is 23.2 Å². The molecule has 0 saturated carbocycles. The second-order valence-corrected chi connectivity index (χ2v) is 6.65. The molecule has 0 spiro atoms. The number of carbonyl (C=O) groups excluding carboxylic acids is 2. The van der Waals surface area contributed by atoms with Gasteiger partial charge in [-0.2, -0.15) is 0 Å². The van der Waals surface area contributed by atoms with Gasteiger partial charge in [0, 0.05) is 32.2 Å². The minimum Gasteiger partial charge on any atom is -0.378 e. The molecule has 1 aromatic heterocycles. The summed E-state index contributed by atoms with van der Waals surface area (Å²) < 4.78 is 7.24. The highest BCUT2D eigenvalue weighted by molar-refractivity contribution is 6.00. The Morgan fingerprint density at radius 1 is 1.20 bits per heavy atom. The van der Waals surface area contributed by atoms with Gasteiger partial charge in [0.1, 0.15) is 6.04 Å². The number of fused-ring (bicyclic) bond motifs is 1. The SMILES string of the molecule is Cn1cnc2cc(C(=O)N3CCC[C@H]3C(=O)N3CCOCC3)ccc21. The smallest absolute Gasteiger partial charge is 0.254 e. The van der Waals surface area contributed by atoms with Crippen LogP contribution in [0.15, 0.2) is 24.5 Å². The molecule has 7 heteroatoms. The van der Waals surface area contributed by atoms with Crippen LogP contribution in [0.3, 0.4) is 0 Å². The number of hydrogen-bond donors (Lipinski definition) is 0. The molecule has 7 nitrogen and oxygen atoms in total. The maximum Gasteiger partial charge on any atom is 0.254 e. The summed E-state index contributed by atoms with van der Waals surface area (Å²) in [6.45, 7) is 2.99. The summed E-state index contributed by atoms with van der Waals surface area (Å²) in [4.78, 5) is 33.7. The van der Waals surface area contributed by atoms with Gasteiger partial charge < -0.3 is 19.1 Å². The summed E-state index contributed by atoms with van der Waals surface area (Å²) >= 11 is 0. The van der Waals surface area contributed by atoms with Crippen molar-refractivity contribution in [2.75, 3.05) is 32.8 Å². The lowest BCUT2D eigenvalue weighted by Crippen LogP contribution is -2.51. The van der Waals surface area contributed by atoms with E-state index in [0.717, 1.165) is 23.9 Å². The molecule has 2 fully saturated rings. The van der Waals surface area contributed by atoms with Gasteiger partial charge in [-0.15, -0.1) is 0 Å². The third kappa shape index (κ3) is 2.89. The Labute approximate surface area is 146 Å². The molecule has 1 aromatic carbocycles. The van der Waals surface area contributed by atoms with E-state index >= 15 is 0 Å². The predicted octanol–water partition coefficient (Wildman–Crippen LogP) is 1.04. The Morgan fingerprint density at radius 3 is 2.80 bits per heavy atom. The fourth-order valence-corrected chi connectivity index (χ4v) is 3.70. The van der Waals surface area contributed by atoms with E-state index in [2.05, 4.69) is 4.98 Å². The molecule has 132 valence electrons. The van der Waals surface area contributed by atoms with Crippen molar-refractivity contribution in [2.45, 2.75) is 18.9 Å². The molecule has 0 N–H and O–H groups in total. The fourth-order valence-electron chi connectivity index (χ4n) is 3.70. The molecule has 3 heterocycles. The van der Waals surface area contributed by atoms with Crippen LogP contribution < -0.4 is 0 Å². The van der Waals surface area contributed by atoms with Gasteiger partial charge in [-0.05, 0) is 31.0 Å². The van der Waals surface area contributed by atoms with Crippen molar-refractivity contribution in [3.05, 3.63) is 30.1 Å². The van der Waals surface area contributed by atoms with Gasteiger partial charge in [0.15, 0.2) is 0 Å². The molecule has 0 radical (unpaired) electrons. The molecular formula is C18H22N4O3. The number of imidazole rings is 1. The molecule has 2 aromatic rings. The second-order valence-electron chi connectivity index (χ2n) is 6.65. The Morgan fingerprint density at radius 2 is 2.00 bits per heavy atom. The van der Waals surface area contributed by atoms with E-state index in [1.807, 2.05) is 34.7 Å². The fraction of sp³-hybridized carbons (Fsp3) is 0.500. The molecule has 2 amide bonds. The van der Waals surface area contributed by atoms with Crippen LogP contribution in [0.5, 0.6) is 0 Å². The number of ether oxygens (including phenoxy) is 1. The normalized spacial score (nSPS) is 21.1. The highest BCUT2D eigenvalue weighted by Crippen LogP contribution is 2.24. The maximum atomic E-state index is 13.0. The molecule has 2 aliphatic heterocycles. The lowest BCUT2D eigenvalue weighted by atomic mass is 10.1. The summed E-state index contributed by atoms with van der Waals surface area (Å²) in [7, 11) is 1.92. The summed E-state index contributed by atoms with van der Waals surface area (Å²) in [6.07, 6.45) is 3.33. The lowest BCUT2D eigenvalue weighted by molar-refractivity contribution is -0.139. The number of likely N-dealkylation sites (tertiary alicyclic amines) is 1. The first-order valence-corrected chi connectivity index (χ1v) is 8.74. The summed E-state index contributed by atoms with van der Waals surface area (Å²) in [6, 6.07) is 5.18. The molecule has 0 unspecified atom stereocenters. The number of nitrogens with zero attached hydrogens (tertiary/aromatic N) is 4. The van der Waals surface area contributed by atoms with Crippen LogP contribution in [0.4, 0.5) is 0 Å². The average molecular weight is 342 g/mol. The van der Waals surface area contributed by atoms with Crippen molar-refractivity contribution in [2.24, 2.45) is 7.05 Å². The van der Waals surface area contributed by atoms with E-state index in [1.54, 1.807) is 11.2 Å². The minimum absolute atomic E-state index is 0.0491. The Bertz CT molecular complexity index is 810. The third-order valence-electron chi connectivity index (χ3n) is 5.09. The van der Waals surface area contributed by atoms with Crippen LogP contribution in [0.2, 0.25) is 0 Å². The van der Waals surface area contributed by atoms with E-state index in [9.17, 15) is 9.59 Å². The molecule has 25 heavy (non-hydrogen) atoms. The van der Waals surface area contributed by atoms with E-state index in [4.69, 9.17) is 4.74 Å². The highest BCUT2D eigenvalue weighted by atomic mass is 16.5. The number of amides is 2. The Balaban J connectivity index is 1.55. The topological polar surface area (TPSA) is 67.7 Å². The molecule has 0 bridgehead atoms. The largest absolute Gasteiger partial charge is 0.378 e. The number of benzene rings is 1. The van der Waals surface area contributed by atoms with E-state index in [1.165, 1.54) is 0 Å². The van der Waals surface area contributed by atoms with Gasteiger partial charge in [0.05, 0.1) is 30.6 Å². The zero-order valence-electron chi connectivity index (χ0n) is 14.4. The summed E-state index contributed by atoms with van der Waals surface area (Å²) in [5, 5.41) is 0. The zero-order valence-corrected chi connectivity index (χ0v) is 14.4. The number of carbonyl (C=O) groups is 2. The van der Waals surface area contributed by atoms with Crippen LogP contribution in [0.25, 0.3) is 11.0 Å². The average Bonchev–Trinajstić information content (AvgIpc) is 3.28. The Kier molecular flexibility index (Phi) is 4.17. The summed E-state index contributed by atoms with van der Waals surface area (Å²) in [5.41, 5.74) is 2.37. The summed E-state index contributed by atoms with van der Waals surface area (Å²) in [5.74, 6) is -0.0373. The number of aromatic nitrogens is 2. The maximum absolute atomic E-state index is 13.0. The standard InChI is InChI=1S/C18H22N4O3/c1-20-12-19-14-11-13(4-5-15(14)20)17(23)22-6-2-3-16(22)18(24)21-7-9-25-10-8-21/h4-5,11-12,16H,2-3,6-10H2,1H3/t16-/m0/s1. The van der Waals surface area contributed by atoms with Crippen molar-refractivity contribution in [1.29, 1.82) is 0 Å². The van der Waals surface area contributed by atoms with Gasteiger partial charge in [-0.25, -0.2) is 4.98 Å². The minimum atomic E-state index is -0.356. The highest BCUT2D eigenvalue weighted by Gasteiger charge is 2.37. The monoisotopic (exact) mass is 342 g/mol. The van der Waals surface area contributed by atoms with Crippen molar-refractivity contribution < 1.29 is 14.3 Å². The van der Waals surface area contributed by atoms with Crippen LogP contribution in [-0.4, -0.2) is 70.1 Å². The van der Waals surface area contributed by atoms with Gasteiger partial charge in [-0.3, -0.25) is 9.59 Å². The van der Waals surface area contributed by atoms with Crippen LogP contribution >= 0.6 is 0 Å². The number of aryl methyl sites for hydroxylation is 1.